The van der Waals surface area contributed by atoms with E-state index in [-0.39, 0.29) is 17.6 Å². The van der Waals surface area contributed by atoms with E-state index in [0.717, 1.165) is 17.2 Å². The van der Waals surface area contributed by atoms with E-state index in [1.807, 2.05) is 42.5 Å². The molecular formula is C31H27F3N6O4. The number of benzene rings is 2. The first-order valence-electron chi connectivity index (χ1n) is 13.6. The Kier molecular flexibility index (Phi) is 7.78. The number of carbonyl (C=O) groups is 1. The number of nitrogens with two attached hydrogens (primary N) is 1. The first-order chi connectivity index (χ1) is 21.2. The van der Waals surface area contributed by atoms with Crippen LogP contribution in [0.2, 0.25) is 0 Å². The number of anilines is 1. The monoisotopic (exact) mass is 604 g/mol. The summed E-state index contributed by atoms with van der Waals surface area (Å²) in [7, 11) is 0. The lowest BCUT2D eigenvalue weighted by Gasteiger charge is -2.40. The van der Waals surface area contributed by atoms with Crippen molar-refractivity contribution in [2.24, 2.45) is 5.41 Å². The number of amides is 1. The van der Waals surface area contributed by atoms with Crippen molar-refractivity contribution in [1.82, 2.24) is 24.9 Å². The molecule has 2 aromatic carbocycles. The van der Waals surface area contributed by atoms with Gasteiger partial charge in [0.15, 0.2) is 5.65 Å². The molecule has 0 spiro atoms. The van der Waals surface area contributed by atoms with Crippen molar-refractivity contribution in [1.29, 1.82) is 0 Å². The van der Waals surface area contributed by atoms with E-state index < -0.39 is 23.7 Å². The van der Waals surface area contributed by atoms with E-state index in [1.54, 1.807) is 24.3 Å². The highest BCUT2D eigenvalue weighted by atomic mass is 19.4. The lowest BCUT2D eigenvalue weighted by Crippen LogP contribution is -2.54. The Morgan fingerprint density at radius 2 is 1.77 bits per heavy atom. The van der Waals surface area contributed by atoms with Crippen LogP contribution < -0.4 is 15.8 Å². The van der Waals surface area contributed by atoms with Gasteiger partial charge in [-0.1, -0.05) is 30.3 Å². The molecule has 44 heavy (non-hydrogen) atoms. The first kappa shape index (κ1) is 28.9. The summed E-state index contributed by atoms with van der Waals surface area (Å²) in [6, 6.07) is 21.1. The van der Waals surface area contributed by atoms with Crippen molar-refractivity contribution in [3.05, 3.63) is 96.3 Å². The molecule has 3 aromatic heterocycles. The number of nitrogen functional groups attached to an aromatic ring is 1. The Bertz CT molecular complexity index is 1770. The molecule has 1 aliphatic heterocycles. The maximum absolute atomic E-state index is 13.4. The summed E-state index contributed by atoms with van der Waals surface area (Å²) >= 11 is 0. The minimum atomic E-state index is -4.65. The fraction of sp³-hybridized carbons (Fsp3) is 0.226. The van der Waals surface area contributed by atoms with Crippen LogP contribution in [0.4, 0.5) is 23.8 Å². The van der Waals surface area contributed by atoms with E-state index in [2.05, 4.69) is 20.4 Å². The van der Waals surface area contributed by atoms with Gasteiger partial charge in [0.2, 0.25) is 0 Å². The van der Waals surface area contributed by atoms with Crippen molar-refractivity contribution in [3.63, 3.8) is 0 Å². The molecule has 1 aliphatic rings. The number of halogens is 3. The van der Waals surface area contributed by atoms with E-state index in [0.29, 0.717) is 49.1 Å². The largest absolute Gasteiger partial charge is 0.493 e. The van der Waals surface area contributed by atoms with Gasteiger partial charge in [-0.25, -0.2) is 19.3 Å². The Morgan fingerprint density at radius 3 is 2.48 bits per heavy atom. The van der Waals surface area contributed by atoms with Gasteiger partial charge in [-0.05, 0) is 48.0 Å². The van der Waals surface area contributed by atoms with Gasteiger partial charge in [-0.2, -0.15) is 18.3 Å². The highest BCUT2D eigenvalue weighted by Crippen LogP contribution is 2.35. The molecule has 0 bridgehead atoms. The van der Waals surface area contributed by atoms with Crippen LogP contribution >= 0.6 is 0 Å². The molecule has 6 rings (SSSR count). The van der Waals surface area contributed by atoms with Crippen LogP contribution in [-0.2, 0) is 22.3 Å². The number of alkyl carbamates (subject to hydrolysis) is 1. The summed E-state index contributed by atoms with van der Waals surface area (Å²) in [5, 5.41) is 7.41. The number of pyridine rings is 1. The van der Waals surface area contributed by atoms with Crippen LogP contribution in [0.3, 0.4) is 0 Å². The van der Waals surface area contributed by atoms with Gasteiger partial charge in [0.1, 0.15) is 18.2 Å². The number of imidazole rings is 1. The number of fused-ring (bicyclic) bond motifs is 1. The normalized spacial score (nSPS) is 14.2. The van der Waals surface area contributed by atoms with Gasteiger partial charge < -0.3 is 25.3 Å². The number of alkyl halides is 3. The lowest BCUT2D eigenvalue weighted by molar-refractivity contribution is -0.137. The van der Waals surface area contributed by atoms with Crippen molar-refractivity contribution < 1.29 is 32.2 Å². The number of hydrogen-bond acceptors (Lipinski definition) is 8. The molecule has 0 saturated carbocycles. The van der Waals surface area contributed by atoms with E-state index in [1.165, 1.54) is 16.9 Å². The van der Waals surface area contributed by atoms with Gasteiger partial charge in [-0.3, -0.25) is 0 Å². The van der Waals surface area contributed by atoms with Gasteiger partial charge in [0, 0.05) is 23.9 Å². The van der Waals surface area contributed by atoms with E-state index in [9.17, 15) is 18.0 Å². The second-order valence-electron chi connectivity index (χ2n) is 10.5. The predicted octanol–water partition coefficient (Wildman–Crippen LogP) is 5.38. The third kappa shape index (κ3) is 6.27. The summed E-state index contributed by atoms with van der Waals surface area (Å²) in [5.74, 6) is 0.0168. The standard InChI is InChI=1S/C31H27F3N6O4/c32-31(33,34)24-12-22(13-37-28(24)35)26-14-36-27-11-10-25(39-40(26)27)21-6-8-23(9-7-21)44-19-30(17-42-18-30)16-38-29(41)43-15-20-4-2-1-3-5-20/h1-14H,15-19H2,(H2,35,37)(H,38,41). The average Bonchev–Trinajstić information content (AvgIpc) is 3.43. The average molecular weight is 605 g/mol. The number of rotatable bonds is 9. The number of hydrogen-bond donors (Lipinski definition) is 2. The second-order valence-corrected chi connectivity index (χ2v) is 10.5. The molecule has 1 amide bonds. The van der Waals surface area contributed by atoms with E-state index in [4.69, 9.17) is 19.9 Å². The fourth-order valence-corrected chi connectivity index (χ4v) is 4.69. The molecule has 10 nitrogen and oxygen atoms in total. The topological polar surface area (TPSA) is 126 Å². The maximum atomic E-state index is 13.4. The number of carbonyl (C=O) groups excluding carboxylic acids is 1. The van der Waals surface area contributed by atoms with Crippen molar-refractivity contribution in [2.75, 3.05) is 32.1 Å². The van der Waals surface area contributed by atoms with Gasteiger partial charge in [0.05, 0.1) is 48.4 Å². The molecule has 1 fully saturated rings. The highest BCUT2D eigenvalue weighted by molar-refractivity contribution is 5.68. The van der Waals surface area contributed by atoms with Gasteiger partial charge in [-0.15, -0.1) is 0 Å². The van der Waals surface area contributed by atoms with E-state index >= 15 is 0 Å². The fourth-order valence-electron chi connectivity index (χ4n) is 4.69. The van der Waals surface area contributed by atoms with Crippen molar-refractivity contribution in [3.8, 4) is 28.3 Å². The minimum Gasteiger partial charge on any atom is -0.493 e. The molecule has 13 heteroatoms. The Morgan fingerprint density at radius 1 is 1.00 bits per heavy atom. The summed E-state index contributed by atoms with van der Waals surface area (Å²) in [6.45, 7) is 1.72. The molecule has 0 radical (unpaired) electrons. The van der Waals surface area contributed by atoms with Crippen LogP contribution in [0.5, 0.6) is 5.75 Å². The summed E-state index contributed by atoms with van der Waals surface area (Å²) in [5.41, 5.74) is 7.27. The van der Waals surface area contributed by atoms with Crippen LogP contribution in [0, 0.1) is 5.41 Å². The van der Waals surface area contributed by atoms with Gasteiger partial charge in [0.25, 0.3) is 0 Å². The molecular weight excluding hydrogens is 577 g/mol. The lowest BCUT2D eigenvalue weighted by atomic mass is 9.87. The van der Waals surface area contributed by atoms with Crippen molar-refractivity contribution in [2.45, 2.75) is 12.8 Å². The predicted molar refractivity (Wildman–Crippen MR) is 154 cm³/mol. The van der Waals surface area contributed by atoms with Gasteiger partial charge >= 0.3 is 12.3 Å². The SMILES string of the molecule is Nc1ncc(-c2cnc3ccc(-c4ccc(OCC5(CNC(=O)OCc6ccccc6)COC5)cc4)nn23)cc1C(F)(F)F. The van der Waals surface area contributed by atoms with Crippen molar-refractivity contribution >= 4 is 17.6 Å². The number of nitrogens with one attached hydrogen (secondary N) is 1. The third-order valence-corrected chi connectivity index (χ3v) is 7.21. The summed E-state index contributed by atoms with van der Waals surface area (Å²) < 4.78 is 58.4. The third-order valence-electron chi connectivity index (χ3n) is 7.21. The minimum absolute atomic E-state index is 0.181. The molecule has 5 aromatic rings. The number of aromatic nitrogens is 4. The molecule has 226 valence electrons. The Labute approximate surface area is 249 Å². The summed E-state index contributed by atoms with van der Waals surface area (Å²) in [4.78, 5) is 20.2. The molecule has 1 saturated heterocycles. The summed E-state index contributed by atoms with van der Waals surface area (Å²) in [6.07, 6.45) is -2.46. The Hall–Kier alpha value is -5.17. The molecule has 0 aliphatic carbocycles. The molecule has 3 N–H and O–H groups in total. The molecule has 4 heterocycles. The number of ether oxygens (including phenoxy) is 3. The smallest absolute Gasteiger partial charge is 0.419 e. The number of nitrogens with zero attached hydrogens (tertiary/aromatic N) is 4. The Balaban J connectivity index is 1.10. The zero-order valence-corrected chi connectivity index (χ0v) is 23.3. The zero-order valence-electron chi connectivity index (χ0n) is 23.3. The maximum Gasteiger partial charge on any atom is 0.419 e. The van der Waals surface area contributed by atoms with Crippen LogP contribution in [0.1, 0.15) is 11.1 Å². The zero-order chi connectivity index (χ0) is 30.7. The van der Waals surface area contributed by atoms with Crippen LogP contribution in [0.25, 0.3) is 28.2 Å². The first-order valence-corrected chi connectivity index (χ1v) is 13.6. The second kappa shape index (κ2) is 11.8. The van der Waals surface area contributed by atoms with Crippen LogP contribution in [0.15, 0.2) is 85.2 Å². The highest BCUT2D eigenvalue weighted by Gasteiger charge is 2.40. The molecule has 0 atom stereocenters. The quantitative estimate of drug-likeness (QED) is 0.230. The molecule has 0 unspecified atom stereocenters. The van der Waals surface area contributed by atoms with Crippen LogP contribution in [-0.4, -0.2) is 52.0 Å².